The van der Waals surface area contributed by atoms with Crippen LogP contribution in [0.3, 0.4) is 0 Å². The Hall–Kier alpha value is -1.03. The molecule has 0 aliphatic carbocycles. The highest BCUT2D eigenvalue weighted by Gasteiger charge is 2.16. The van der Waals surface area contributed by atoms with Crippen LogP contribution in [0.15, 0.2) is 29.2 Å². The van der Waals surface area contributed by atoms with Crippen LogP contribution >= 0.6 is 11.8 Å². The number of thiocyanates is 1. The minimum Gasteiger partial charge on any atom is -0.211 e. The normalized spacial score (nSPS) is 11.1. The monoisotopic (exact) mass is 284 g/mol. The minimum atomic E-state index is -3.43. The van der Waals surface area contributed by atoms with Crippen molar-refractivity contribution in [3.63, 3.8) is 0 Å². The van der Waals surface area contributed by atoms with Gasteiger partial charge in [-0.1, -0.05) is 25.1 Å². The van der Waals surface area contributed by atoms with Gasteiger partial charge in [-0.15, -0.1) is 0 Å². The molecule has 0 bridgehead atoms. The summed E-state index contributed by atoms with van der Waals surface area (Å²) >= 11 is 1.13. The number of benzene rings is 1. The molecule has 1 aromatic rings. The summed E-state index contributed by atoms with van der Waals surface area (Å²) in [5.41, 5.74) is 0.816. The molecular weight excluding hydrogens is 268 g/mol. The van der Waals surface area contributed by atoms with Gasteiger partial charge in [-0.25, -0.2) is 13.1 Å². The first-order valence-electron chi connectivity index (χ1n) is 5.70. The summed E-state index contributed by atoms with van der Waals surface area (Å²) in [4.78, 5) is 0.348. The molecule has 1 N–H and O–H groups in total. The summed E-state index contributed by atoms with van der Waals surface area (Å²) in [6, 6.07) is 6.99. The Labute approximate surface area is 112 Å². The highest BCUT2D eigenvalue weighted by atomic mass is 32.2. The Bertz CT molecular complexity index is 521. The Morgan fingerprint density at radius 2 is 2.11 bits per heavy atom. The topological polar surface area (TPSA) is 70.0 Å². The van der Waals surface area contributed by atoms with E-state index in [2.05, 4.69) is 4.72 Å². The molecule has 0 aliphatic heterocycles. The Morgan fingerprint density at radius 1 is 1.39 bits per heavy atom. The second kappa shape index (κ2) is 7.41. The number of sulfonamides is 1. The van der Waals surface area contributed by atoms with Gasteiger partial charge in [-0.3, -0.25) is 0 Å². The quantitative estimate of drug-likeness (QED) is 0.615. The molecule has 18 heavy (non-hydrogen) atoms. The molecule has 0 unspecified atom stereocenters. The number of aryl methyl sites for hydroxylation is 1. The first-order valence-corrected chi connectivity index (χ1v) is 8.17. The van der Waals surface area contributed by atoms with Crippen molar-refractivity contribution in [1.82, 2.24) is 4.72 Å². The van der Waals surface area contributed by atoms with E-state index in [1.165, 1.54) is 0 Å². The van der Waals surface area contributed by atoms with Gasteiger partial charge in [0.05, 0.1) is 4.90 Å². The van der Waals surface area contributed by atoms with Crippen LogP contribution in [0.1, 0.15) is 18.9 Å². The Balaban J connectivity index is 2.66. The standard InChI is InChI=1S/C12H16N2O2S2/c1-2-11-6-3-4-7-12(11)18(15,16)14-8-5-9-17-10-13/h3-4,6-7,14H,2,5,8-9H2,1H3. The fourth-order valence-electron chi connectivity index (χ4n) is 1.53. The van der Waals surface area contributed by atoms with Crippen molar-refractivity contribution in [1.29, 1.82) is 5.26 Å². The van der Waals surface area contributed by atoms with Gasteiger partial charge in [0.15, 0.2) is 0 Å². The summed E-state index contributed by atoms with van der Waals surface area (Å²) in [6.45, 7) is 2.28. The summed E-state index contributed by atoms with van der Waals surface area (Å²) < 4.78 is 26.7. The van der Waals surface area contributed by atoms with E-state index in [0.29, 0.717) is 30.0 Å². The predicted octanol–water partition coefficient (Wildman–Crippen LogP) is 2.13. The van der Waals surface area contributed by atoms with E-state index in [0.717, 1.165) is 17.3 Å². The number of hydrogen-bond donors (Lipinski definition) is 1. The molecule has 98 valence electrons. The largest absolute Gasteiger partial charge is 0.240 e. The molecule has 4 nitrogen and oxygen atoms in total. The zero-order chi connectivity index (χ0) is 13.4. The van der Waals surface area contributed by atoms with Crippen molar-refractivity contribution < 1.29 is 8.42 Å². The van der Waals surface area contributed by atoms with Crippen molar-refractivity contribution >= 4 is 21.8 Å². The average molecular weight is 284 g/mol. The van der Waals surface area contributed by atoms with E-state index < -0.39 is 10.0 Å². The lowest BCUT2D eigenvalue weighted by Crippen LogP contribution is -2.26. The van der Waals surface area contributed by atoms with Gasteiger partial charge in [-0.05, 0) is 36.2 Å². The number of nitrogens with one attached hydrogen (secondary N) is 1. The first kappa shape index (κ1) is 15.0. The lowest BCUT2D eigenvalue weighted by molar-refractivity contribution is 0.580. The van der Waals surface area contributed by atoms with Crippen molar-refractivity contribution in [2.24, 2.45) is 0 Å². The molecule has 0 radical (unpaired) electrons. The third kappa shape index (κ3) is 4.33. The average Bonchev–Trinajstić information content (AvgIpc) is 2.38. The van der Waals surface area contributed by atoms with Gasteiger partial charge >= 0.3 is 0 Å². The van der Waals surface area contributed by atoms with E-state index in [-0.39, 0.29) is 0 Å². The molecule has 0 heterocycles. The van der Waals surface area contributed by atoms with Gasteiger partial charge in [-0.2, -0.15) is 5.26 Å². The molecule has 0 saturated carbocycles. The second-order valence-corrected chi connectivity index (χ2v) is 6.27. The van der Waals surface area contributed by atoms with Crippen molar-refractivity contribution in [3.8, 4) is 5.40 Å². The summed E-state index contributed by atoms with van der Waals surface area (Å²) in [6.07, 6.45) is 1.33. The molecule has 0 aromatic heterocycles. The van der Waals surface area contributed by atoms with E-state index in [1.54, 1.807) is 12.1 Å². The Morgan fingerprint density at radius 3 is 2.78 bits per heavy atom. The fourth-order valence-corrected chi connectivity index (χ4v) is 3.30. The van der Waals surface area contributed by atoms with E-state index in [1.807, 2.05) is 24.5 Å². The van der Waals surface area contributed by atoms with Crippen LogP contribution < -0.4 is 4.72 Å². The van der Waals surface area contributed by atoms with Crippen molar-refractivity contribution in [2.75, 3.05) is 12.3 Å². The second-order valence-electron chi connectivity index (χ2n) is 3.65. The highest BCUT2D eigenvalue weighted by Crippen LogP contribution is 2.15. The fraction of sp³-hybridized carbons (Fsp3) is 0.417. The van der Waals surface area contributed by atoms with Gasteiger partial charge < -0.3 is 0 Å². The number of rotatable bonds is 7. The lowest BCUT2D eigenvalue weighted by atomic mass is 10.2. The number of nitrogens with zero attached hydrogens (tertiary/aromatic N) is 1. The zero-order valence-electron chi connectivity index (χ0n) is 10.2. The van der Waals surface area contributed by atoms with E-state index >= 15 is 0 Å². The molecule has 0 saturated heterocycles. The van der Waals surface area contributed by atoms with Crippen LogP contribution in [-0.2, 0) is 16.4 Å². The first-order chi connectivity index (χ1) is 8.61. The number of hydrogen-bond acceptors (Lipinski definition) is 4. The van der Waals surface area contributed by atoms with Gasteiger partial charge in [0.25, 0.3) is 0 Å². The van der Waals surface area contributed by atoms with Crippen LogP contribution in [-0.4, -0.2) is 20.7 Å². The molecule has 0 aliphatic rings. The Kier molecular flexibility index (Phi) is 6.19. The zero-order valence-corrected chi connectivity index (χ0v) is 11.9. The SMILES string of the molecule is CCc1ccccc1S(=O)(=O)NCCCSC#N. The van der Waals surface area contributed by atoms with E-state index in [9.17, 15) is 8.42 Å². The molecule has 6 heteroatoms. The summed E-state index contributed by atoms with van der Waals surface area (Å²) in [5, 5.41) is 10.3. The number of thioether (sulfide) groups is 1. The van der Waals surface area contributed by atoms with Gasteiger partial charge in [0, 0.05) is 12.3 Å². The molecule has 0 spiro atoms. The molecule has 1 aromatic carbocycles. The predicted molar refractivity (Wildman–Crippen MR) is 73.7 cm³/mol. The molecule has 1 rings (SSSR count). The molecular formula is C12H16N2O2S2. The van der Waals surface area contributed by atoms with Crippen LogP contribution in [0.5, 0.6) is 0 Å². The third-order valence-electron chi connectivity index (χ3n) is 2.42. The maximum absolute atomic E-state index is 12.1. The van der Waals surface area contributed by atoms with Crippen LogP contribution in [0, 0.1) is 10.7 Å². The number of nitriles is 1. The lowest BCUT2D eigenvalue weighted by Gasteiger charge is -2.09. The molecule has 0 fully saturated rings. The van der Waals surface area contributed by atoms with Crippen LogP contribution in [0.4, 0.5) is 0 Å². The van der Waals surface area contributed by atoms with Crippen LogP contribution in [0.2, 0.25) is 0 Å². The van der Waals surface area contributed by atoms with Gasteiger partial charge in [0.1, 0.15) is 5.40 Å². The van der Waals surface area contributed by atoms with Crippen molar-refractivity contribution in [2.45, 2.75) is 24.7 Å². The highest BCUT2D eigenvalue weighted by molar-refractivity contribution is 8.03. The molecule has 0 amide bonds. The van der Waals surface area contributed by atoms with Gasteiger partial charge in [0.2, 0.25) is 10.0 Å². The third-order valence-corrected chi connectivity index (χ3v) is 4.61. The summed E-state index contributed by atoms with van der Waals surface area (Å²) in [7, 11) is -3.43. The van der Waals surface area contributed by atoms with Crippen LogP contribution in [0.25, 0.3) is 0 Å². The smallest absolute Gasteiger partial charge is 0.211 e. The maximum atomic E-state index is 12.1. The van der Waals surface area contributed by atoms with E-state index in [4.69, 9.17) is 5.26 Å². The summed E-state index contributed by atoms with van der Waals surface area (Å²) in [5.74, 6) is 0.633. The minimum absolute atomic E-state index is 0.348. The molecule has 0 atom stereocenters. The van der Waals surface area contributed by atoms with Crippen molar-refractivity contribution in [3.05, 3.63) is 29.8 Å². The maximum Gasteiger partial charge on any atom is 0.240 e.